The van der Waals surface area contributed by atoms with Gasteiger partial charge in [0.05, 0.1) is 19.3 Å². The Morgan fingerprint density at radius 2 is 1.81 bits per heavy atom. The molecule has 1 aliphatic heterocycles. The van der Waals surface area contributed by atoms with E-state index in [0.29, 0.717) is 6.54 Å². The van der Waals surface area contributed by atoms with E-state index in [-0.39, 0.29) is 18.6 Å². The van der Waals surface area contributed by atoms with Gasteiger partial charge >= 0.3 is 0 Å². The number of benzene rings is 2. The molecule has 0 radical (unpaired) electrons. The summed E-state index contributed by atoms with van der Waals surface area (Å²) in [5, 5.41) is 3.02. The van der Waals surface area contributed by atoms with E-state index in [0.717, 1.165) is 38.5 Å². The second-order valence-electron chi connectivity index (χ2n) is 6.67. The van der Waals surface area contributed by atoms with Crippen molar-refractivity contribution in [2.24, 2.45) is 0 Å². The molecule has 1 heterocycles. The van der Waals surface area contributed by atoms with Crippen LogP contribution < -0.4 is 10.1 Å². The summed E-state index contributed by atoms with van der Waals surface area (Å²) in [6.07, 6.45) is 0.989. The smallest absolute Gasteiger partial charge is 0.258 e. The lowest BCUT2D eigenvalue weighted by molar-refractivity contribution is -0.123. The van der Waals surface area contributed by atoms with Crippen molar-refractivity contribution < 1.29 is 14.3 Å². The Hall–Kier alpha value is -2.37. The van der Waals surface area contributed by atoms with Gasteiger partial charge in [0.2, 0.25) is 0 Å². The van der Waals surface area contributed by atoms with E-state index in [1.807, 2.05) is 42.5 Å². The maximum Gasteiger partial charge on any atom is 0.258 e. The minimum Gasteiger partial charge on any atom is -0.484 e. The average Bonchev–Trinajstić information content (AvgIpc) is 2.74. The number of carbonyl (C=O) groups is 1. The summed E-state index contributed by atoms with van der Waals surface area (Å²) in [6.45, 7) is 5.89. The molecule has 0 aliphatic carbocycles. The summed E-state index contributed by atoms with van der Waals surface area (Å²) >= 11 is 0. The van der Waals surface area contributed by atoms with Crippen LogP contribution in [0.1, 0.15) is 24.1 Å². The fourth-order valence-corrected chi connectivity index (χ4v) is 3.25. The third-order valence-corrected chi connectivity index (χ3v) is 4.86. The van der Waals surface area contributed by atoms with E-state index in [4.69, 9.17) is 9.47 Å². The molecule has 1 atom stereocenters. The Labute approximate surface area is 161 Å². The molecular weight excluding hydrogens is 340 g/mol. The minimum absolute atomic E-state index is 0.0239. The van der Waals surface area contributed by atoms with Gasteiger partial charge in [-0.05, 0) is 29.7 Å². The fraction of sp³-hybridized carbons (Fsp3) is 0.409. The highest BCUT2D eigenvalue weighted by molar-refractivity contribution is 5.77. The van der Waals surface area contributed by atoms with Gasteiger partial charge in [-0.25, -0.2) is 0 Å². The summed E-state index contributed by atoms with van der Waals surface area (Å²) in [5.74, 6) is 0.610. The number of aryl methyl sites for hydroxylation is 1. The topological polar surface area (TPSA) is 50.8 Å². The zero-order chi connectivity index (χ0) is 18.9. The molecule has 2 aromatic rings. The molecule has 1 saturated heterocycles. The highest BCUT2D eigenvalue weighted by Crippen LogP contribution is 2.21. The molecule has 1 aliphatic rings. The summed E-state index contributed by atoms with van der Waals surface area (Å²) in [5.41, 5.74) is 2.46. The first-order valence-corrected chi connectivity index (χ1v) is 9.61. The van der Waals surface area contributed by atoms with Gasteiger partial charge in [0, 0.05) is 19.6 Å². The predicted octanol–water partition coefficient (Wildman–Crippen LogP) is 2.82. The molecular formula is C22H28N2O3. The quantitative estimate of drug-likeness (QED) is 0.778. The van der Waals surface area contributed by atoms with Crippen LogP contribution in [0.5, 0.6) is 5.75 Å². The van der Waals surface area contributed by atoms with Gasteiger partial charge in [0.15, 0.2) is 6.61 Å². The van der Waals surface area contributed by atoms with Crippen molar-refractivity contribution in [2.75, 3.05) is 39.5 Å². The second kappa shape index (κ2) is 10.1. The van der Waals surface area contributed by atoms with E-state index in [1.54, 1.807) is 0 Å². The molecule has 0 spiro atoms. The number of carbonyl (C=O) groups excluding carboxylic acids is 1. The first-order chi connectivity index (χ1) is 13.3. The lowest BCUT2D eigenvalue weighted by atomic mass is 10.0. The molecule has 0 unspecified atom stereocenters. The Balaban J connectivity index is 1.53. The van der Waals surface area contributed by atoms with Crippen LogP contribution in [-0.2, 0) is 16.0 Å². The fourth-order valence-electron chi connectivity index (χ4n) is 3.25. The first kappa shape index (κ1) is 19.4. The van der Waals surface area contributed by atoms with Crippen molar-refractivity contribution in [1.82, 2.24) is 10.2 Å². The molecule has 0 aromatic heterocycles. The van der Waals surface area contributed by atoms with Crippen LogP contribution in [0.3, 0.4) is 0 Å². The first-order valence-electron chi connectivity index (χ1n) is 9.61. The Morgan fingerprint density at radius 1 is 1.11 bits per heavy atom. The molecule has 3 rings (SSSR count). The second-order valence-corrected chi connectivity index (χ2v) is 6.67. The molecule has 1 amide bonds. The van der Waals surface area contributed by atoms with Gasteiger partial charge in [-0.15, -0.1) is 0 Å². The van der Waals surface area contributed by atoms with Gasteiger partial charge in [0.1, 0.15) is 5.75 Å². The predicted molar refractivity (Wildman–Crippen MR) is 106 cm³/mol. The zero-order valence-corrected chi connectivity index (χ0v) is 15.9. The number of nitrogens with zero attached hydrogens (tertiary/aromatic N) is 1. The van der Waals surface area contributed by atoms with Crippen LogP contribution >= 0.6 is 0 Å². The molecule has 1 N–H and O–H groups in total. The van der Waals surface area contributed by atoms with Gasteiger partial charge in [-0.2, -0.15) is 0 Å². The van der Waals surface area contributed by atoms with E-state index < -0.39 is 0 Å². The number of hydrogen-bond acceptors (Lipinski definition) is 4. The Morgan fingerprint density at radius 3 is 2.48 bits per heavy atom. The summed E-state index contributed by atoms with van der Waals surface area (Å²) in [6, 6.07) is 18.3. The van der Waals surface area contributed by atoms with Gasteiger partial charge < -0.3 is 14.8 Å². The molecule has 2 aromatic carbocycles. The zero-order valence-electron chi connectivity index (χ0n) is 15.9. The number of nitrogens with one attached hydrogen (secondary N) is 1. The lowest BCUT2D eigenvalue weighted by Gasteiger charge is -2.34. The van der Waals surface area contributed by atoms with E-state index in [2.05, 4.69) is 29.3 Å². The molecule has 27 heavy (non-hydrogen) atoms. The number of ether oxygens (including phenoxy) is 2. The van der Waals surface area contributed by atoms with E-state index in [1.165, 1.54) is 11.1 Å². The van der Waals surface area contributed by atoms with Crippen molar-refractivity contribution in [3.05, 3.63) is 65.7 Å². The normalized spacial score (nSPS) is 15.9. The average molecular weight is 368 g/mol. The monoisotopic (exact) mass is 368 g/mol. The Kier molecular flexibility index (Phi) is 7.25. The number of hydrogen-bond donors (Lipinski definition) is 1. The highest BCUT2D eigenvalue weighted by atomic mass is 16.5. The number of amides is 1. The SMILES string of the molecule is CCc1ccc(OCC(=O)NC[C@H](c2ccccc2)N2CCOCC2)cc1. The molecule has 0 bridgehead atoms. The molecule has 5 heteroatoms. The summed E-state index contributed by atoms with van der Waals surface area (Å²) in [7, 11) is 0. The van der Waals surface area contributed by atoms with E-state index in [9.17, 15) is 4.79 Å². The van der Waals surface area contributed by atoms with Crippen LogP contribution in [0.25, 0.3) is 0 Å². The van der Waals surface area contributed by atoms with Gasteiger partial charge in [0.25, 0.3) is 5.91 Å². The van der Waals surface area contributed by atoms with Crippen LogP contribution in [0.4, 0.5) is 0 Å². The molecule has 5 nitrogen and oxygen atoms in total. The van der Waals surface area contributed by atoms with Crippen molar-refractivity contribution in [3.8, 4) is 5.75 Å². The van der Waals surface area contributed by atoms with E-state index >= 15 is 0 Å². The number of morpholine rings is 1. The van der Waals surface area contributed by atoms with Crippen molar-refractivity contribution in [2.45, 2.75) is 19.4 Å². The van der Waals surface area contributed by atoms with Crippen molar-refractivity contribution >= 4 is 5.91 Å². The summed E-state index contributed by atoms with van der Waals surface area (Å²) < 4.78 is 11.1. The largest absolute Gasteiger partial charge is 0.484 e. The third-order valence-electron chi connectivity index (χ3n) is 4.86. The van der Waals surface area contributed by atoms with Crippen molar-refractivity contribution in [3.63, 3.8) is 0 Å². The van der Waals surface area contributed by atoms with Crippen LogP contribution in [0.15, 0.2) is 54.6 Å². The molecule has 144 valence electrons. The van der Waals surface area contributed by atoms with Crippen molar-refractivity contribution in [1.29, 1.82) is 0 Å². The Bertz CT molecular complexity index is 697. The maximum absolute atomic E-state index is 12.3. The van der Waals surface area contributed by atoms with Crippen LogP contribution in [0.2, 0.25) is 0 Å². The molecule has 1 fully saturated rings. The molecule has 0 saturated carbocycles. The van der Waals surface area contributed by atoms with Crippen LogP contribution in [-0.4, -0.2) is 50.3 Å². The highest BCUT2D eigenvalue weighted by Gasteiger charge is 2.23. The minimum atomic E-state index is -0.108. The lowest BCUT2D eigenvalue weighted by Crippen LogP contribution is -2.44. The van der Waals surface area contributed by atoms with Gasteiger partial charge in [-0.1, -0.05) is 49.4 Å². The maximum atomic E-state index is 12.3. The summed E-state index contributed by atoms with van der Waals surface area (Å²) in [4.78, 5) is 14.6. The number of rotatable bonds is 8. The van der Waals surface area contributed by atoms with Gasteiger partial charge in [-0.3, -0.25) is 9.69 Å². The standard InChI is InChI=1S/C22H28N2O3/c1-2-18-8-10-20(11-9-18)27-17-22(25)23-16-21(19-6-4-3-5-7-19)24-12-14-26-15-13-24/h3-11,21H,2,12-17H2,1H3,(H,23,25)/t21-/m1/s1. The van der Waals surface area contributed by atoms with Crippen LogP contribution in [0, 0.1) is 0 Å². The third kappa shape index (κ3) is 5.81.